The second kappa shape index (κ2) is 7.81. The zero-order chi connectivity index (χ0) is 26.4. The minimum absolute atomic E-state index is 0.0736. The van der Waals surface area contributed by atoms with Gasteiger partial charge in [-0.15, -0.1) is 0 Å². The standard InChI is InChI=1S/C22H21F3N6O6/c1-7-5-30-13-9(4-22(15(30)8(2)36-7)18(26)27-20(33)28-19(22)32)3-10-14(12(13)23)37-29-17(10)31-11(16(24)25)6-35-21(31)34/h3,7-8,11,15-16H,4-6H2,1-2H3,(H3,26,27,28,32,33)/t7-,8+,11-,15?,22?/m1/s1. The summed E-state index contributed by atoms with van der Waals surface area (Å²) in [4.78, 5) is 39.8. The number of nitrogens with one attached hydrogen (secondary N) is 3. The second-order valence-electron chi connectivity index (χ2n) is 9.61. The van der Waals surface area contributed by atoms with Crippen molar-refractivity contribution in [3.05, 3.63) is 17.4 Å². The Hall–Kier alpha value is -3.88. The fourth-order valence-electron chi connectivity index (χ4n) is 6.02. The van der Waals surface area contributed by atoms with Crippen LogP contribution in [0.25, 0.3) is 11.0 Å². The number of rotatable bonds is 2. The van der Waals surface area contributed by atoms with E-state index in [0.29, 0.717) is 4.90 Å². The van der Waals surface area contributed by atoms with E-state index in [4.69, 9.17) is 19.4 Å². The Balaban J connectivity index is 1.57. The van der Waals surface area contributed by atoms with Crippen molar-refractivity contribution >= 4 is 46.3 Å². The molecule has 37 heavy (non-hydrogen) atoms. The number of urea groups is 1. The van der Waals surface area contributed by atoms with E-state index in [-0.39, 0.29) is 52.9 Å². The number of alkyl halides is 2. The van der Waals surface area contributed by atoms with Crippen LogP contribution in [0.15, 0.2) is 10.6 Å². The number of morpholine rings is 1. The number of anilines is 2. The largest absolute Gasteiger partial charge is 0.447 e. The number of hydrogen-bond donors (Lipinski definition) is 3. The number of cyclic esters (lactones) is 1. The van der Waals surface area contributed by atoms with Crippen LogP contribution < -0.4 is 20.4 Å². The van der Waals surface area contributed by atoms with Gasteiger partial charge in [-0.3, -0.25) is 20.8 Å². The molecule has 5 atom stereocenters. The van der Waals surface area contributed by atoms with Gasteiger partial charge in [-0.1, -0.05) is 5.16 Å². The maximum atomic E-state index is 16.1. The highest BCUT2D eigenvalue weighted by Crippen LogP contribution is 2.50. The third-order valence-electron chi connectivity index (χ3n) is 7.42. The lowest BCUT2D eigenvalue weighted by atomic mass is 9.66. The van der Waals surface area contributed by atoms with E-state index in [1.807, 2.05) is 0 Å². The van der Waals surface area contributed by atoms with Crippen molar-refractivity contribution in [1.29, 1.82) is 5.41 Å². The molecule has 4 aliphatic rings. The molecule has 196 valence electrons. The van der Waals surface area contributed by atoms with Crippen molar-refractivity contribution in [1.82, 2.24) is 15.8 Å². The van der Waals surface area contributed by atoms with E-state index in [1.54, 1.807) is 18.7 Å². The number of carbonyl (C=O) groups is 3. The molecule has 4 aliphatic heterocycles. The van der Waals surface area contributed by atoms with Crippen LogP contribution in [0.5, 0.6) is 0 Å². The van der Waals surface area contributed by atoms with E-state index < -0.39 is 60.5 Å². The van der Waals surface area contributed by atoms with Crippen molar-refractivity contribution in [3.63, 3.8) is 0 Å². The molecule has 6 rings (SSSR count). The molecule has 3 fully saturated rings. The smallest absolute Gasteiger partial charge is 0.416 e. The lowest BCUT2D eigenvalue weighted by molar-refractivity contribution is -0.133. The molecule has 1 spiro atoms. The molecule has 1 aromatic carbocycles. The predicted molar refractivity (Wildman–Crippen MR) is 119 cm³/mol. The molecule has 4 amide bonds. The van der Waals surface area contributed by atoms with Crippen LogP contribution in [0.2, 0.25) is 0 Å². The highest BCUT2D eigenvalue weighted by molar-refractivity contribution is 6.21. The maximum absolute atomic E-state index is 16.1. The monoisotopic (exact) mass is 522 g/mol. The van der Waals surface area contributed by atoms with Crippen LogP contribution in [0.3, 0.4) is 0 Å². The van der Waals surface area contributed by atoms with Crippen molar-refractivity contribution in [2.75, 3.05) is 23.0 Å². The lowest BCUT2D eigenvalue weighted by Crippen LogP contribution is -2.75. The Morgan fingerprint density at radius 3 is 2.70 bits per heavy atom. The molecule has 5 heterocycles. The summed E-state index contributed by atoms with van der Waals surface area (Å²) in [5.41, 5.74) is -1.70. The first kappa shape index (κ1) is 23.5. The summed E-state index contributed by atoms with van der Waals surface area (Å²) in [5, 5.41) is 16.8. The van der Waals surface area contributed by atoms with Crippen LogP contribution in [0.4, 0.5) is 34.3 Å². The molecule has 12 nitrogen and oxygen atoms in total. The summed E-state index contributed by atoms with van der Waals surface area (Å²) in [6.45, 7) is 3.04. The summed E-state index contributed by atoms with van der Waals surface area (Å²) < 4.78 is 59.2. The fraction of sp³-hybridized carbons (Fsp3) is 0.500. The van der Waals surface area contributed by atoms with Gasteiger partial charge in [0.25, 0.3) is 6.43 Å². The second-order valence-corrected chi connectivity index (χ2v) is 9.61. The summed E-state index contributed by atoms with van der Waals surface area (Å²) in [5.74, 6) is -2.33. The van der Waals surface area contributed by atoms with Crippen molar-refractivity contribution in [2.24, 2.45) is 5.41 Å². The van der Waals surface area contributed by atoms with Crippen molar-refractivity contribution in [3.8, 4) is 0 Å². The maximum Gasteiger partial charge on any atom is 0.416 e. The highest BCUT2D eigenvalue weighted by Gasteiger charge is 2.61. The number of fused-ring (bicyclic) bond motifs is 5. The lowest BCUT2D eigenvalue weighted by Gasteiger charge is -2.56. The molecule has 0 bridgehead atoms. The normalized spacial score (nSPS) is 31.5. The van der Waals surface area contributed by atoms with Gasteiger partial charge in [-0.2, -0.15) is 0 Å². The summed E-state index contributed by atoms with van der Waals surface area (Å²) >= 11 is 0. The van der Waals surface area contributed by atoms with Crippen LogP contribution in [-0.4, -0.2) is 72.9 Å². The van der Waals surface area contributed by atoms with Gasteiger partial charge in [0.2, 0.25) is 11.5 Å². The molecule has 15 heteroatoms. The number of amidine groups is 1. The molecule has 2 aromatic rings. The van der Waals surface area contributed by atoms with Crippen LogP contribution >= 0.6 is 0 Å². The first-order valence-corrected chi connectivity index (χ1v) is 11.5. The first-order chi connectivity index (χ1) is 17.5. The van der Waals surface area contributed by atoms with Gasteiger partial charge < -0.3 is 18.9 Å². The fourth-order valence-corrected chi connectivity index (χ4v) is 6.02. The third kappa shape index (κ3) is 3.09. The molecule has 0 aliphatic carbocycles. The number of aromatic nitrogens is 1. The predicted octanol–water partition coefficient (Wildman–Crippen LogP) is 1.90. The minimum atomic E-state index is -2.96. The third-order valence-corrected chi connectivity index (χ3v) is 7.42. The number of benzene rings is 1. The van der Waals surface area contributed by atoms with E-state index in [9.17, 15) is 23.2 Å². The van der Waals surface area contributed by atoms with Gasteiger partial charge in [0.05, 0.1) is 29.3 Å². The molecule has 0 saturated carbocycles. The molecular formula is C22H21F3N6O6. The topological polar surface area (TPSA) is 150 Å². The van der Waals surface area contributed by atoms with Crippen LogP contribution in [0, 0.1) is 16.6 Å². The van der Waals surface area contributed by atoms with Gasteiger partial charge in [0.15, 0.2) is 11.6 Å². The molecule has 2 unspecified atom stereocenters. The van der Waals surface area contributed by atoms with E-state index >= 15 is 4.39 Å². The number of halogens is 3. The van der Waals surface area contributed by atoms with Crippen molar-refractivity contribution in [2.45, 2.75) is 51.0 Å². The molecule has 3 saturated heterocycles. The molecule has 3 N–H and O–H groups in total. The van der Waals surface area contributed by atoms with Gasteiger partial charge >= 0.3 is 12.1 Å². The highest BCUT2D eigenvalue weighted by atomic mass is 19.3. The number of nitrogens with zero attached hydrogens (tertiary/aromatic N) is 3. The quantitative estimate of drug-likeness (QED) is 0.541. The molecule has 1 aromatic heterocycles. The van der Waals surface area contributed by atoms with Crippen LogP contribution in [0.1, 0.15) is 19.4 Å². The Labute approximate surface area is 206 Å². The first-order valence-electron chi connectivity index (χ1n) is 11.5. The number of hydrogen-bond acceptors (Lipinski definition) is 9. The average molecular weight is 522 g/mol. The zero-order valence-electron chi connectivity index (χ0n) is 19.5. The van der Waals surface area contributed by atoms with Crippen molar-refractivity contribution < 1.29 is 41.6 Å². The Morgan fingerprint density at radius 1 is 1.24 bits per heavy atom. The number of imide groups is 1. The SMILES string of the molecule is C[C@@H]1CN2c3c(cc4c(N5C(=O)OC[C@@H]5C(F)F)noc4c3F)CC3(C(=N)NC(=O)NC3=O)C2[C@H](C)O1. The summed E-state index contributed by atoms with van der Waals surface area (Å²) in [7, 11) is 0. The van der Waals surface area contributed by atoms with Gasteiger partial charge in [0, 0.05) is 6.54 Å². The number of carbonyl (C=O) groups excluding carboxylic acids is 3. The Morgan fingerprint density at radius 2 is 2.00 bits per heavy atom. The zero-order valence-corrected chi connectivity index (χ0v) is 19.5. The summed E-state index contributed by atoms with van der Waals surface area (Å²) in [6, 6.07) is -1.96. The Kier molecular flexibility index (Phi) is 4.96. The average Bonchev–Trinajstić information content (AvgIpc) is 3.40. The van der Waals surface area contributed by atoms with E-state index in [0.717, 1.165) is 0 Å². The van der Waals surface area contributed by atoms with E-state index in [2.05, 4.69) is 15.8 Å². The minimum Gasteiger partial charge on any atom is -0.447 e. The van der Waals surface area contributed by atoms with Gasteiger partial charge in [-0.05, 0) is 31.9 Å². The Bertz CT molecular complexity index is 1360. The van der Waals surface area contributed by atoms with Crippen LogP contribution in [-0.2, 0) is 20.7 Å². The van der Waals surface area contributed by atoms with Gasteiger partial charge in [-0.25, -0.2) is 27.7 Å². The molecular weight excluding hydrogens is 501 g/mol. The van der Waals surface area contributed by atoms with Gasteiger partial charge in [0.1, 0.15) is 23.9 Å². The number of amides is 4. The molecule has 0 radical (unpaired) electrons. The number of ether oxygens (including phenoxy) is 2. The van der Waals surface area contributed by atoms with E-state index in [1.165, 1.54) is 6.07 Å². The summed E-state index contributed by atoms with van der Waals surface area (Å²) in [6.07, 6.45) is -5.30.